The fraction of sp³-hybridized carbons (Fsp3) is 0.174. The van der Waals surface area contributed by atoms with Gasteiger partial charge in [0.15, 0.2) is 0 Å². The van der Waals surface area contributed by atoms with Gasteiger partial charge in [0, 0.05) is 29.2 Å². The van der Waals surface area contributed by atoms with E-state index in [1.165, 1.54) is 31.8 Å². The zero-order valence-corrected chi connectivity index (χ0v) is 16.1. The van der Waals surface area contributed by atoms with Crippen LogP contribution in [0.5, 0.6) is 5.75 Å². The Morgan fingerprint density at radius 3 is 2.70 bits per heavy atom. The molecule has 0 aliphatic rings. The van der Waals surface area contributed by atoms with Crippen LogP contribution in [-0.2, 0) is 6.42 Å². The second-order valence-corrected chi connectivity index (χ2v) is 7.56. The number of nitrogens with one attached hydrogen (secondary N) is 1. The summed E-state index contributed by atoms with van der Waals surface area (Å²) in [4.78, 5) is 5.46. The van der Waals surface area contributed by atoms with Crippen LogP contribution < -0.4 is 10.1 Å². The molecule has 0 spiro atoms. The number of nitrogens with zero attached hydrogens (tertiary/aromatic N) is 1. The van der Waals surface area contributed by atoms with Crippen LogP contribution in [0.15, 0.2) is 73.1 Å². The summed E-state index contributed by atoms with van der Waals surface area (Å²) < 4.78 is 5.20. The van der Waals surface area contributed by atoms with Gasteiger partial charge in [-0.1, -0.05) is 24.3 Å². The third-order valence-electron chi connectivity index (χ3n) is 4.63. The van der Waals surface area contributed by atoms with Crippen molar-refractivity contribution in [2.45, 2.75) is 12.8 Å². The number of pyridine rings is 1. The van der Waals surface area contributed by atoms with Crippen LogP contribution in [0, 0.1) is 0 Å². The molecule has 0 amide bonds. The molecule has 0 saturated carbocycles. The van der Waals surface area contributed by atoms with Crippen molar-refractivity contribution >= 4 is 27.1 Å². The van der Waals surface area contributed by atoms with Crippen LogP contribution in [0.3, 0.4) is 0 Å². The van der Waals surface area contributed by atoms with Gasteiger partial charge in [0.05, 0.1) is 12.1 Å². The summed E-state index contributed by atoms with van der Waals surface area (Å²) in [6, 6.07) is 21.3. The summed E-state index contributed by atoms with van der Waals surface area (Å²) >= 11 is 1.80. The molecule has 4 aromatic rings. The van der Waals surface area contributed by atoms with Gasteiger partial charge in [-0.3, -0.25) is 4.98 Å². The maximum absolute atomic E-state index is 5.20. The van der Waals surface area contributed by atoms with E-state index in [2.05, 4.69) is 58.8 Å². The highest BCUT2D eigenvalue weighted by atomic mass is 32.1. The molecule has 3 nitrogen and oxygen atoms in total. The van der Waals surface area contributed by atoms with Gasteiger partial charge in [-0.05, 0) is 65.8 Å². The van der Waals surface area contributed by atoms with Gasteiger partial charge in [-0.2, -0.15) is 0 Å². The van der Waals surface area contributed by atoms with E-state index < -0.39 is 0 Å². The van der Waals surface area contributed by atoms with Gasteiger partial charge in [0.25, 0.3) is 0 Å². The summed E-state index contributed by atoms with van der Waals surface area (Å²) in [5.74, 6) is 0.910. The minimum Gasteiger partial charge on any atom is -0.497 e. The zero-order valence-electron chi connectivity index (χ0n) is 15.3. The molecule has 136 valence electrons. The number of fused-ring (bicyclic) bond motifs is 1. The van der Waals surface area contributed by atoms with Crippen molar-refractivity contribution < 1.29 is 4.74 Å². The molecule has 2 aromatic heterocycles. The van der Waals surface area contributed by atoms with Gasteiger partial charge in [-0.15, -0.1) is 11.3 Å². The number of methoxy groups -OCH3 is 1. The largest absolute Gasteiger partial charge is 0.497 e. The number of benzene rings is 2. The predicted molar refractivity (Wildman–Crippen MR) is 115 cm³/mol. The van der Waals surface area contributed by atoms with E-state index in [0.29, 0.717) is 0 Å². The van der Waals surface area contributed by atoms with Crippen LogP contribution in [0.25, 0.3) is 21.2 Å². The van der Waals surface area contributed by atoms with E-state index >= 15 is 0 Å². The Hall–Kier alpha value is -2.85. The minimum atomic E-state index is 0.910. The van der Waals surface area contributed by atoms with Crippen LogP contribution in [0.2, 0.25) is 0 Å². The van der Waals surface area contributed by atoms with E-state index in [-0.39, 0.29) is 0 Å². The monoisotopic (exact) mass is 374 g/mol. The van der Waals surface area contributed by atoms with Gasteiger partial charge >= 0.3 is 0 Å². The first-order valence-electron chi connectivity index (χ1n) is 9.12. The highest BCUT2D eigenvalue weighted by Crippen LogP contribution is 2.33. The number of thiophene rings is 1. The van der Waals surface area contributed by atoms with E-state index in [1.807, 2.05) is 24.5 Å². The highest BCUT2D eigenvalue weighted by molar-refractivity contribution is 7.19. The predicted octanol–water partition coefficient (Wildman–Crippen LogP) is 6.02. The fourth-order valence-electron chi connectivity index (χ4n) is 3.12. The minimum absolute atomic E-state index is 0.910. The van der Waals surface area contributed by atoms with E-state index in [1.54, 1.807) is 18.4 Å². The Balaban J connectivity index is 1.33. The maximum atomic E-state index is 5.20. The number of aromatic nitrogens is 1. The SMILES string of the molecule is COc1ccc(CCCNc2ccc(-c3ccc4cnccc4c3)s2)cc1. The van der Waals surface area contributed by atoms with Crippen molar-refractivity contribution in [3.8, 4) is 16.2 Å². The standard InChI is InChI=1S/C23H22N2OS/c1-26-21-8-4-17(5-9-21)3-2-13-25-23-11-10-22(27-23)19-6-7-20-16-24-14-12-18(20)15-19/h4-12,14-16,25H,2-3,13H2,1H3. The van der Waals surface area contributed by atoms with Crippen molar-refractivity contribution in [2.75, 3.05) is 19.0 Å². The molecule has 1 N–H and O–H groups in total. The molecule has 2 heterocycles. The first kappa shape index (κ1) is 17.6. The molecule has 0 aliphatic carbocycles. The van der Waals surface area contributed by atoms with Gasteiger partial charge < -0.3 is 10.1 Å². The van der Waals surface area contributed by atoms with E-state index in [0.717, 1.165) is 25.1 Å². The maximum Gasteiger partial charge on any atom is 0.118 e. The molecule has 27 heavy (non-hydrogen) atoms. The summed E-state index contributed by atoms with van der Waals surface area (Å²) in [6.45, 7) is 0.968. The lowest BCUT2D eigenvalue weighted by Crippen LogP contribution is -2.01. The summed E-state index contributed by atoms with van der Waals surface area (Å²) in [7, 11) is 1.70. The Kier molecular flexibility index (Phi) is 5.35. The van der Waals surface area contributed by atoms with Crippen molar-refractivity contribution in [3.63, 3.8) is 0 Å². The number of ether oxygens (including phenoxy) is 1. The second kappa shape index (κ2) is 8.23. The molecule has 2 aromatic carbocycles. The molecular weight excluding hydrogens is 352 g/mol. The topological polar surface area (TPSA) is 34.1 Å². The first-order valence-corrected chi connectivity index (χ1v) is 9.94. The third-order valence-corrected chi connectivity index (χ3v) is 5.72. The molecule has 0 unspecified atom stereocenters. The van der Waals surface area contributed by atoms with Crippen molar-refractivity contribution in [1.29, 1.82) is 0 Å². The second-order valence-electron chi connectivity index (χ2n) is 6.48. The van der Waals surface area contributed by atoms with Crippen molar-refractivity contribution in [2.24, 2.45) is 0 Å². The highest BCUT2D eigenvalue weighted by Gasteiger charge is 2.04. The molecule has 0 bridgehead atoms. The first-order chi connectivity index (χ1) is 13.3. The van der Waals surface area contributed by atoms with E-state index in [4.69, 9.17) is 4.74 Å². The van der Waals surface area contributed by atoms with Crippen LogP contribution in [0.4, 0.5) is 5.00 Å². The van der Waals surface area contributed by atoms with Gasteiger partial charge in [0.1, 0.15) is 5.75 Å². The molecule has 4 heteroatoms. The average molecular weight is 375 g/mol. The Morgan fingerprint density at radius 1 is 0.963 bits per heavy atom. The molecule has 0 radical (unpaired) electrons. The lowest BCUT2D eigenvalue weighted by atomic mass is 10.1. The lowest BCUT2D eigenvalue weighted by molar-refractivity contribution is 0.414. The molecule has 0 atom stereocenters. The smallest absolute Gasteiger partial charge is 0.118 e. The summed E-state index contributed by atoms with van der Waals surface area (Å²) in [5.41, 5.74) is 2.60. The summed E-state index contributed by atoms with van der Waals surface area (Å²) in [5, 5.41) is 7.17. The number of hydrogen-bond donors (Lipinski definition) is 1. The van der Waals surface area contributed by atoms with Gasteiger partial charge in [-0.25, -0.2) is 0 Å². The van der Waals surface area contributed by atoms with Crippen LogP contribution in [0.1, 0.15) is 12.0 Å². The number of rotatable bonds is 7. The van der Waals surface area contributed by atoms with Crippen LogP contribution in [-0.4, -0.2) is 18.6 Å². The Labute approximate surface area is 163 Å². The van der Waals surface area contributed by atoms with Crippen molar-refractivity contribution in [1.82, 2.24) is 4.98 Å². The summed E-state index contributed by atoms with van der Waals surface area (Å²) in [6.07, 6.45) is 5.91. The van der Waals surface area contributed by atoms with Crippen molar-refractivity contribution in [3.05, 3.63) is 78.6 Å². The number of aryl methyl sites for hydroxylation is 1. The van der Waals surface area contributed by atoms with E-state index in [9.17, 15) is 0 Å². The molecule has 4 rings (SSSR count). The molecule has 0 fully saturated rings. The Bertz CT molecular complexity index is 1020. The molecular formula is C23H22N2OS. The average Bonchev–Trinajstić information content (AvgIpc) is 3.20. The number of hydrogen-bond acceptors (Lipinski definition) is 4. The van der Waals surface area contributed by atoms with Gasteiger partial charge in [0.2, 0.25) is 0 Å². The normalized spacial score (nSPS) is 10.9. The number of anilines is 1. The quantitative estimate of drug-likeness (QED) is 0.402. The lowest BCUT2D eigenvalue weighted by Gasteiger charge is -2.05. The third kappa shape index (κ3) is 4.29. The fourth-order valence-corrected chi connectivity index (χ4v) is 4.05. The van der Waals surface area contributed by atoms with Crippen LogP contribution >= 0.6 is 11.3 Å². The zero-order chi connectivity index (χ0) is 18.5. The molecule has 0 saturated heterocycles. The molecule has 0 aliphatic heterocycles. The Morgan fingerprint density at radius 2 is 1.85 bits per heavy atom.